The lowest BCUT2D eigenvalue weighted by atomic mass is 10.1. The largest absolute Gasteiger partial charge is 0.355 e. The predicted molar refractivity (Wildman–Crippen MR) is 80.5 cm³/mol. The van der Waals surface area contributed by atoms with E-state index in [0.717, 1.165) is 18.7 Å². The first-order valence-electron chi connectivity index (χ1n) is 6.77. The minimum atomic E-state index is 0.0623. The van der Waals surface area contributed by atoms with Crippen LogP contribution in [-0.4, -0.2) is 23.1 Å². The quantitative estimate of drug-likeness (QED) is 0.858. The van der Waals surface area contributed by atoms with Gasteiger partial charge in [0.1, 0.15) is 17.8 Å². The Kier molecular flexibility index (Phi) is 4.48. The number of hydrogen-bond donors (Lipinski definition) is 0. The summed E-state index contributed by atoms with van der Waals surface area (Å²) < 4.78 is 0. The van der Waals surface area contributed by atoms with E-state index in [1.165, 1.54) is 0 Å². The highest BCUT2D eigenvalue weighted by molar-refractivity contribution is 5.73. The normalized spacial score (nSPS) is 9.71. The van der Waals surface area contributed by atoms with Crippen LogP contribution in [0.5, 0.6) is 0 Å². The van der Waals surface area contributed by atoms with Crippen molar-refractivity contribution in [1.29, 1.82) is 10.5 Å². The average Bonchev–Trinajstić information content (AvgIpc) is 2.56. The van der Waals surface area contributed by atoms with Crippen LogP contribution in [0, 0.1) is 22.7 Å². The Balaban J connectivity index is 2.72. The highest BCUT2D eigenvalue weighted by atomic mass is 15.2. The van der Waals surface area contributed by atoms with Gasteiger partial charge in [0, 0.05) is 18.7 Å². The first kappa shape index (κ1) is 14.5. The molecular formula is C16H15N5. The van der Waals surface area contributed by atoms with E-state index < -0.39 is 0 Å². The van der Waals surface area contributed by atoms with E-state index in [9.17, 15) is 0 Å². The van der Waals surface area contributed by atoms with Gasteiger partial charge in [0.05, 0.1) is 0 Å². The number of aromatic nitrogens is 2. The van der Waals surface area contributed by atoms with Crippen LogP contribution in [0.2, 0.25) is 0 Å². The Labute approximate surface area is 124 Å². The van der Waals surface area contributed by atoms with Gasteiger partial charge in [-0.05, 0) is 13.8 Å². The fourth-order valence-corrected chi connectivity index (χ4v) is 2.12. The maximum atomic E-state index is 9.15. The van der Waals surface area contributed by atoms with E-state index in [4.69, 9.17) is 10.5 Å². The molecule has 0 saturated heterocycles. The Bertz CT molecular complexity index is 706. The summed E-state index contributed by atoms with van der Waals surface area (Å²) >= 11 is 0. The van der Waals surface area contributed by atoms with E-state index in [2.05, 4.69) is 9.97 Å². The molecule has 0 aliphatic carbocycles. The second-order valence-corrected chi connectivity index (χ2v) is 4.35. The van der Waals surface area contributed by atoms with E-state index in [0.29, 0.717) is 11.5 Å². The summed E-state index contributed by atoms with van der Waals surface area (Å²) in [4.78, 5) is 10.7. The van der Waals surface area contributed by atoms with Gasteiger partial charge in [-0.15, -0.1) is 0 Å². The second kappa shape index (κ2) is 6.49. The van der Waals surface area contributed by atoms with Crippen LogP contribution in [0.15, 0.2) is 30.3 Å². The van der Waals surface area contributed by atoms with Crippen LogP contribution in [-0.2, 0) is 0 Å². The number of rotatable bonds is 4. The summed E-state index contributed by atoms with van der Waals surface area (Å²) in [6.45, 7) is 5.54. The molecule has 0 fully saturated rings. The van der Waals surface area contributed by atoms with Gasteiger partial charge in [-0.25, -0.2) is 9.97 Å². The fraction of sp³-hybridized carbons (Fsp3) is 0.250. The molecule has 1 aromatic carbocycles. The first-order chi connectivity index (χ1) is 10.2. The molecule has 0 radical (unpaired) electrons. The van der Waals surface area contributed by atoms with Gasteiger partial charge in [-0.3, -0.25) is 0 Å². The molecule has 0 atom stereocenters. The Hall–Kier alpha value is -2.92. The molecule has 0 unspecified atom stereocenters. The molecule has 2 rings (SSSR count). The van der Waals surface area contributed by atoms with Crippen molar-refractivity contribution in [1.82, 2.24) is 9.97 Å². The molecule has 5 nitrogen and oxygen atoms in total. The van der Waals surface area contributed by atoms with Crippen molar-refractivity contribution in [3.05, 3.63) is 41.7 Å². The lowest BCUT2D eigenvalue weighted by Crippen LogP contribution is -2.24. The van der Waals surface area contributed by atoms with Crippen molar-refractivity contribution in [3.8, 4) is 23.4 Å². The third-order valence-electron chi connectivity index (χ3n) is 3.20. The Morgan fingerprint density at radius 3 is 2.05 bits per heavy atom. The number of nitrogens with zero attached hydrogens (tertiary/aromatic N) is 5. The van der Waals surface area contributed by atoms with Gasteiger partial charge < -0.3 is 4.90 Å². The molecule has 1 aromatic heterocycles. The highest BCUT2D eigenvalue weighted by Gasteiger charge is 2.18. The molecule has 0 spiro atoms. The van der Waals surface area contributed by atoms with Crippen molar-refractivity contribution < 1.29 is 0 Å². The fourth-order valence-electron chi connectivity index (χ4n) is 2.12. The predicted octanol–water partition coefficient (Wildman–Crippen LogP) is 2.73. The van der Waals surface area contributed by atoms with Gasteiger partial charge in [0.15, 0.2) is 17.2 Å². The summed E-state index contributed by atoms with van der Waals surface area (Å²) in [6, 6.07) is 13.5. The minimum absolute atomic E-state index is 0.0623. The number of benzene rings is 1. The highest BCUT2D eigenvalue weighted by Crippen LogP contribution is 2.28. The third-order valence-corrected chi connectivity index (χ3v) is 3.20. The second-order valence-electron chi connectivity index (χ2n) is 4.35. The van der Waals surface area contributed by atoms with E-state index in [1.807, 2.05) is 61.2 Å². The molecule has 0 aliphatic heterocycles. The van der Waals surface area contributed by atoms with Gasteiger partial charge in [0.25, 0.3) is 0 Å². The van der Waals surface area contributed by atoms with Crippen LogP contribution in [0.4, 0.5) is 5.82 Å². The molecule has 5 heteroatoms. The SMILES string of the molecule is CCN(CC)c1nc(C#N)c(C#N)nc1-c1ccccc1. The molecule has 0 saturated carbocycles. The molecular weight excluding hydrogens is 262 g/mol. The average molecular weight is 277 g/mol. The van der Waals surface area contributed by atoms with Crippen LogP contribution in [0.25, 0.3) is 11.3 Å². The monoisotopic (exact) mass is 277 g/mol. The van der Waals surface area contributed by atoms with Crippen LogP contribution < -0.4 is 4.90 Å². The van der Waals surface area contributed by atoms with Gasteiger partial charge >= 0.3 is 0 Å². The van der Waals surface area contributed by atoms with Crippen molar-refractivity contribution in [3.63, 3.8) is 0 Å². The molecule has 1 heterocycles. The zero-order valence-corrected chi connectivity index (χ0v) is 12.0. The number of anilines is 1. The lowest BCUT2D eigenvalue weighted by molar-refractivity contribution is 0.839. The summed E-state index contributed by atoms with van der Waals surface area (Å²) in [5.41, 5.74) is 1.65. The van der Waals surface area contributed by atoms with Crippen molar-refractivity contribution >= 4 is 5.82 Å². The zero-order chi connectivity index (χ0) is 15.2. The Morgan fingerprint density at radius 1 is 0.952 bits per heavy atom. The topological polar surface area (TPSA) is 76.6 Å². The maximum Gasteiger partial charge on any atom is 0.179 e. The van der Waals surface area contributed by atoms with Gasteiger partial charge in [0.2, 0.25) is 0 Å². The van der Waals surface area contributed by atoms with E-state index in [1.54, 1.807) is 0 Å². The maximum absolute atomic E-state index is 9.15. The van der Waals surface area contributed by atoms with Crippen LogP contribution in [0.1, 0.15) is 25.2 Å². The Morgan fingerprint density at radius 2 is 1.52 bits per heavy atom. The molecule has 0 bridgehead atoms. The van der Waals surface area contributed by atoms with E-state index in [-0.39, 0.29) is 11.4 Å². The minimum Gasteiger partial charge on any atom is -0.355 e. The van der Waals surface area contributed by atoms with Crippen molar-refractivity contribution in [2.24, 2.45) is 0 Å². The zero-order valence-electron chi connectivity index (χ0n) is 12.0. The van der Waals surface area contributed by atoms with Crippen molar-refractivity contribution in [2.75, 3.05) is 18.0 Å². The summed E-state index contributed by atoms with van der Waals surface area (Å²) in [7, 11) is 0. The molecule has 0 amide bonds. The van der Waals surface area contributed by atoms with E-state index >= 15 is 0 Å². The molecule has 104 valence electrons. The summed E-state index contributed by atoms with van der Waals surface area (Å²) in [5.74, 6) is 0.641. The van der Waals surface area contributed by atoms with Gasteiger partial charge in [-0.2, -0.15) is 10.5 Å². The van der Waals surface area contributed by atoms with Crippen LogP contribution in [0.3, 0.4) is 0 Å². The number of hydrogen-bond acceptors (Lipinski definition) is 5. The molecule has 21 heavy (non-hydrogen) atoms. The lowest BCUT2D eigenvalue weighted by Gasteiger charge is -2.22. The third kappa shape index (κ3) is 2.82. The first-order valence-corrected chi connectivity index (χ1v) is 6.77. The standard InChI is InChI=1S/C16H15N5/c1-3-21(4-2)16-15(12-8-6-5-7-9-12)19-13(10-17)14(11-18)20-16/h5-9H,3-4H2,1-2H3. The summed E-state index contributed by atoms with van der Waals surface area (Å²) in [5, 5.41) is 18.3. The smallest absolute Gasteiger partial charge is 0.179 e. The molecule has 0 aliphatic rings. The van der Waals surface area contributed by atoms with Gasteiger partial charge in [-0.1, -0.05) is 30.3 Å². The molecule has 2 aromatic rings. The summed E-state index contributed by atoms with van der Waals surface area (Å²) in [6.07, 6.45) is 0. The van der Waals surface area contributed by atoms with Crippen molar-refractivity contribution in [2.45, 2.75) is 13.8 Å². The molecule has 0 N–H and O–H groups in total. The number of nitriles is 2. The van der Waals surface area contributed by atoms with Crippen LogP contribution >= 0.6 is 0 Å².